The molecule has 0 atom stereocenters. The smallest absolute Gasteiger partial charge is 0.261 e. The third-order valence-electron chi connectivity index (χ3n) is 5.40. The maximum Gasteiger partial charge on any atom is 0.261 e. The molecule has 3 aromatic rings. The molecule has 6 heteroatoms. The van der Waals surface area contributed by atoms with Crippen molar-refractivity contribution in [3.05, 3.63) is 59.5 Å². The minimum atomic E-state index is 0.0375. The van der Waals surface area contributed by atoms with Crippen LogP contribution in [-0.4, -0.2) is 57.2 Å². The van der Waals surface area contributed by atoms with E-state index < -0.39 is 0 Å². The number of amides is 1. The van der Waals surface area contributed by atoms with Gasteiger partial charge in [0.05, 0.1) is 12.0 Å². The molecule has 1 N–H and O–H groups in total. The molecule has 0 radical (unpaired) electrons. The van der Waals surface area contributed by atoms with Gasteiger partial charge in [0.2, 0.25) is 0 Å². The second-order valence-electron chi connectivity index (χ2n) is 7.28. The van der Waals surface area contributed by atoms with Crippen molar-refractivity contribution in [2.24, 2.45) is 0 Å². The van der Waals surface area contributed by atoms with Crippen LogP contribution in [0.4, 0.5) is 5.69 Å². The zero-order chi connectivity index (χ0) is 20.1. The van der Waals surface area contributed by atoms with Gasteiger partial charge in [0.25, 0.3) is 5.91 Å². The van der Waals surface area contributed by atoms with Gasteiger partial charge in [-0.1, -0.05) is 18.2 Å². The first-order valence-corrected chi connectivity index (χ1v) is 10.9. The highest BCUT2D eigenvalue weighted by Gasteiger charge is 2.17. The highest BCUT2D eigenvalue weighted by Crippen LogP contribution is 2.25. The van der Waals surface area contributed by atoms with Gasteiger partial charge in [0.15, 0.2) is 0 Å². The first-order chi connectivity index (χ1) is 14.2. The lowest BCUT2D eigenvalue weighted by Gasteiger charge is -2.36. The number of fused-ring (bicyclic) bond motifs is 1. The van der Waals surface area contributed by atoms with Crippen molar-refractivity contribution in [2.45, 2.75) is 6.42 Å². The van der Waals surface area contributed by atoms with E-state index in [4.69, 9.17) is 4.74 Å². The van der Waals surface area contributed by atoms with E-state index in [1.54, 1.807) is 18.4 Å². The van der Waals surface area contributed by atoms with Crippen LogP contribution in [0, 0.1) is 0 Å². The summed E-state index contributed by atoms with van der Waals surface area (Å²) < 4.78 is 6.39. The highest BCUT2D eigenvalue weighted by molar-refractivity contribution is 7.20. The number of hydrogen-bond donors (Lipinski definition) is 1. The van der Waals surface area contributed by atoms with Gasteiger partial charge in [0.1, 0.15) is 5.75 Å². The second kappa shape index (κ2) is 9.29. The third-order valence-corrected chi connectivity index (χ3v) is 6.51. The second-order valence-corrected chi connectivity index (χ2v) is 8.37. The molecule has 1 aliphatic rings. The standard InChI is InChI=1S/C23H27N3O2S/c1-28-20-9-7-19(8-10-20)26-15-13-25(14-16-26)12-4-11-24-23(27)22-17-18-5-2-3-6-21(18)29-22/h2-3,5-10,17H,4,11-16H2,1H3,(H,24,27). The lowest BCUT2D eigenvalue weighted by Crippen LogP contribution is -2.47. The molecule has 0 bridgehead atoms. The molecule has 1 amide bonds. The maximum absolute atomic E-state index is 12.4. The number of thiophene rings is 1. The van der Waals surface area contributed by atoms with Crippen molar-refractivity contribution in [3.63, 3.8) is 0 Å². The quantitative estimate of drug-likeness (QED) is 0.602. The largest absolute Gasteiger partial charge is 0.497 e. The van der Waals surface area contributed by atoms with Gasteiger partial charge in [-0.2, -0.15) is 0 Å². The molecule has 1 aliphatic heterocycles. The Morgan fingerprint density at radius 1 is 1.07 bits per heavy atom. The third kappa shape index (κ3) is 4.89. The molecule has 2 heterocycles. The Hall–Kier alpha value is -2.57. The normalized spacial score (nSPS) is 14.9. The molecular formula is C23H27N3O2S. The number of carbonyl (C=O) groups is 1. The fourth-order valence-corrected chi connectivity index (χ4v) is 4.69. The molecule has 0 spiro atoms. The molecule has 0 unspecified atom stereocenters. The molecular weight excluding hydrogens is 382 g/mol. The minimum absolute atomic E-state index is 0.0375. The number of rotatable bonds is 7. The predicted octanol–water partition coefficient (Wildman–Crippen LogP) is 3.85. The SMILES string of the molecule is COc1ccc(N2CCN(CCCNC(=O)c3cc4ccccc4s3)CC2)cc1. The summed E-state index contributed by atoms with van der Waals surface area (Å²) in [7, 11) is 1.69. The molecule has 0 aliphatic carbocycles. The fraction of sp³-hybridized carbons (Fsp3) is 0.348. The van der Waals surface area contributed by atoms with Crippen molar-refractivity contribution in [1.82, 2.24) is 10.2 Å². The average molecular weight is 410 g/mol. The molecule has 29 heavy (non-hydrogen) atoms. The van der Waals surface area contributed by atoms with Crippen LogP contribution in [0.2, 0.25) is 0 Å². The Balaban J connectivity index is 1.17. The Bertz CT molecular complexity index is 913. The van der Waals surface area contributed by atoms with Crippen LogP contribution in [0.15, 0.2) is 54.6 Å². The van der Waals surface area contributed by atoms with Crippen molar-refractivity contribution in [1.29, 1.82) is 0 Å². The van der Waals surface area contributed by atoms with Gasteiger partial charge in [-0.15, -0.1) is 11.3 Å². The van der Waals surface area contributed by atoms with Crippen molar-refractivity contribution in [2.75, 3.05) is 51.3 Å². The minimum Gasteiger partial charge on any atom is -0.497 e. The number of ether oxygens (including phenoxy) is 1. The lowest BCUT2D eigenvalue weighted by atomic mass is 10.2. The molecule has 4 rings (SSSR count). The lowest BCUT2D eigenvalue weighted by molar-refractivity contribution is 0.0955. The van der Waals surface area contributed by atoms with Gasteiger partial charge in [-0.25, -0.2) is 0 Å². The summed E-state index contributed by atoms with van der Waals surface area (Å²) >= 11 is 1.56. The summed E-state index contributed by atoms with van der Waals surface area (Å²) in [5.74, 6) is 0.931. The van der Waals surface area contributed by atoms with Gasteiger partial charge in [-0.3, -0.25) is 9.69 Å². The zero-order valence-electron chi connectivity index (χ0n) is 16.8. The molecule has 2 aromatic carbocycles. The molecule has 1 aromatic heterocycles. The first kappa shape index (κ1) is 19.7. The number of piperazine rings is 1. The number of carbonyl (C=O) groups excluding carboxylic acids is 1. The van der Waals surface area contributed by atoms with E-state index >= 15 is 0 Å². The number of hydrogen-bond acceptors (Lipinski definition) is 5. The van der Waals surface area contributed by atoms with Gasteiger partial charge in [-0.05, 0) is 54.8 Å². The summed E-state index contributed by atoms with van der Waals surface area (Å²) in [5.41, 5.74) is 1.25. The van der Waals surface area contributed by atoms with Crippen molar-refractivity contribution in [3.8, 4) is 5.75 Å². The van der Waals surface area contributed by atoms with Crippen LogP contribution in [-0.2, 0) is 0 Å². The number of anilines is 1. The summed E-state index contributed by atoms with van der Waals surface area (Å²) in [4.78, 5) is 18.1. The van der Waals surface area contributed by atoms with Gasteiger partial charge < -0.3 is 15.0 Å². The Morgan fingerprint density at radius 3 is 2.55 bits per heavy atom. The van der Waals surface area contributed by atoms with Crippen molar-refractivity contribution < 1.29 is 9.53 Å². The van der Waals surface area contributed by atoms with Crippen LogP contribution in [0.5, 0.6) is 5.75 Å². The van der Waals surface area contributed by atoms with Crippen LogP contribution >= 0.6 is 11.3 Å². The average Bonchev–Trinajstić information content (AvgIpc) is 3.22. The van der Waals surface area contributed by atoms with Gasteiger partial charge in [0, 0.05) is 43.1 Å². The summed E-state index contributed by atoms with van der Waals surface area (Å²) in [6.07, 6.45) is 0.971. The predicted molar refractivity (Wildman–Crippen MR) is 120 cm³/mol. The first-order valence-electron chi connectivity index (χ1n) is 10.1. The Morgan fingerprint density at radius 2 is 1.83 bits per heavy atom. The van der Waals surface area contributed by atoms with E-state index in [0.717, 1.165) is 59.9 Å². The van der Waals surface area contributed by atoms with Crippen LogP contribution in [0.25, 0.3) is 10.1 Å². The van der Waals surface area contributed by atoms with E-state index in [-0.39, 0.29) is 5.91 Å². The van der Waals surface area contributed by atoms with Crippen molar-refractivity contribution >= 4 is 33.0 Å². The summed E-state index contributed by atoms with van der Waals surface area (Å²) in [5, 5.41) is 4.20. The van der Waals surface area contributed by atoms with Crippen LogP contribution in [0.1, 0.15) is 16.1 Å². The van der Waals surface area contributed by atoms with Crippen LogP contribution in [0.3, 0.4) is 0 Å². The molecule has 0 saturated carbocycles. The fourth-order valence-electron chi connectivity index (χ4n) is 3.71. The van der Waals surface area contributed by atoms with Crippen LogP contribution < -0.4 is 15.0 Å². The molecule has 1 saturated heterocycles. The Kier molecular flexibility index (Phi) is 6.32. The zero-order valence-corrected chi connectivity index (χ0v) is 17.6. The van der Waals surface area contributed by atoms with E-state index in [1.165, 1.54) is 5.69 Å². The van der Waals surface area contributed by atoms with E-state index in [2.05, 4.69) is 33.3 Å². The number of nitrogens with one attached hydrogen (secondary N) is 1. The summed E-state index contributed by atoms with van der Waals surface area (Å²) in [6.45, 7) is 5.89. The van der Waals surface area contributed by atoms with E-state index in [9.17, 15) is 4.79 Å². The number of methoxy groups -OCH3 is 1. The van der Waals surface area contributed by atoms with E-state index in [1.807, 2.05) is 36.4 Å². The monoisotopic (exact) mass is 409 g/mol. The number of benzene rings is 2. The van der Waals surface area contributed by atoms with Gasteiger partial charge >= 0.3 is 0 Å². The molecule has 1 fully saturated rings. The number of nitrogens with zero attached hydrogens (tertiary/aromatic N) is 2. The maximum atomic E-state index is 12.4. The highest BCUT2D eigenvalue weighted by atomic mass is 32.1. The Labute approximate surface area is 175 Å². The van der Waals surface area contributed by atoms with E-state index in [0.29, 0.717) is 6.54 Å². The molecule has 5 nitrogen and oxygen atoms in total. The topological polar surface area (TPSA) is 44.8 Å². The molecule has 152 valence electrons. The summed E-state index contributed by atoms with van der Waals surface area (Å²) in [6, 6.07) is 18.4.